The number of benzene rings is 2. The zero-order chi connectivity index (χ0) is 25.8. The molecule has 1 aliphatic carbocycles. The lowest BCUT2D eigenvalue weighted by Crippen LogP contribution is -2.56. The number of para-hydroxylation sites is 1. The van der Waals surface area contributed by atoms with E-state index in [0.717, 1.165) is 35.5 Å². The Balaban J connectivity index is 1.03. The number of alkyl carbamates (subject to hydrolysis) is 1. The van der Waals surface area contributed by atoms with Gasteiger partial charge in [-0.15, -0.1) is 0 Å². The average molecular weight is 521 g/mol. The van der Waals surface area contributed by atoms with Crippen molar-refractivity contribution in [3.63, 3.8) is 0 Å². The highest BCUT2D eigenvalue weighted by molar-refractivity contribution is 7.20. The lowest BCUT2D eigenvalue weighted by molar-refractivity contribution is -0.137. The third-order valence-corrected chi connectivity index (χ3v) is 8.22. The monoisotopic (exact) mass is 520 g/mol. The molecule has 3 aliphatic rings. The Morgan fingerprint density at radius 1 is 1.08 bits per heavy atom. The second kappa shape index (κ2) is 8.99. The van der Waals surface area contributed by atoms with Crippen LogP contribution in [0.25, 0.3) is 10.2 Å². The molecule has 0 unspecified atom stereocenters. The van der Waals surface area contributed by atoms with E-state index in [0.29, 0.717) is 30.6 Å². The predicted octanol–water partition coefficient (Wildman–Crippen LogP) is 4.93. The summed E-state index contributed by atoms with van der Waals surface area (Å²) in [6, 6.07) is 16.7. The molecule has 9 heteroatoms. The summed E-state index contributed by atoms with van der Waals surface area (Å²) in [5.74, 6) is 0.816. The molecule has 2 amide bonds. The van der Waals surface area contributed by atoms with E-state index in [2.05, 4.69) is 27.3 Å². The summed E-state index contributed by atoms with van der Waals surface area (Å²) < 4.78 is 12.5. The van der Waals surface area contributed by atoms with E-state index in [-0.39, 0.29) is 11.9 Å². The van der Waals surface area contributed by atoms with E-state index < -0.39 is 17.2 Å². The average Bonchev–Trinajstić information content (AvgIpc) is 3.16. The first-order valence-electron chi connectivity index (χ1n) is 12.9. The van der Waals surface area contributed by atoms with Gasteiger partial charge in [0.05, 0.1) is 10.2 Å². The van der Waals surface area contributed by atoms with Crippen molar-refractivity contribution < 1.29 is 19.1 Å². The minimum atomic E-state index is -0.781. The number of nitrogens with zero attached hydrogens (tertiary/aromatic N) is 3. The molecule has 6 rings (SSSR count). The van der Waals surface area contributed by atoms with Crippen LogP contribution in [0, 0.1) is 0 Å². The van der Waals surface area contributed by atoms with Gasteiger partial charge >= 0.3 is 6.09 Å². The molecule has 2 aliphatic heterocycles. The lowest BCUT2D eigenvalue weighted by atomic mass is 10.1. The topological polar surface area (TPSA) is 84.0 Å². The summed E-state index contributed by atoms with van der Waals surface area (Å²) in [6.45, 7) is 7.87. The number of piperazine rings is 1. The van der Waals surface area contributed by atoms with Crippen LogP contribution in [-0.4, -0.2) is 63.1 Å². The number of carbonyl (C=O) groups is 2. The van der Waals surface area contributed by atoms with Crippen LogP contribution < -0.4 is 10.1 Å². The van der Waals surface area contributed by atoms with Gasteiger partial charge in [-0.25, -0.2) is 9.78 Å². The molecule has 37 heavy (non-hydrogen) atoms. The van der Waals surface area contributed by atoms with Crippen molar-refractivity contribution in [2.75, 3.05) is 13.1 Å². The van der Waals surface area contributed by atoms with Gasteiger partial charge in [-0.3, -0.25) is 9.69 Å². The number of hydrogen-bond acceptors (Lipinski definition) is 7. The summed E-state index contributed by atoms with van der Waals surface area (Å²) in [4.78, 5) is 34.6. The summed E-state index contributed by atoms with van der Waals surface area (Å²) in [5.41, 5.74) is 0.795. The van der Waals surface area contributed by atoms with Crippen molar-refractivity contribution in [2.24, 2.45) is 0 Å². The highest BCUT2D eigenvalue weighted by Crippen LogP contribution is 2.42. The van der Waals surface area contributed by atoms with Gasteiger partial charge in [0.2, 0.25) is 5.91 Å². The Kier molecular flexibility index (Phi) is 5.88. The molecule has 2 saturated heterocycles. The number of carbonyl (C=O) groups excluding carboxylic acids is 2. The van der Waals surface area contributed by atoms with Crippen LogP contribution >= 0.6 is 11.3 Å². The zero-order valence-corrected chi connectivity index (χ0v) is 22.2. The molecule has 194 valence electrons. The van der Waals surface area contributed by atoms with Gasteiger partial charge in [0, 0.05) is 31.7 Å². The molecular formula is C28H32N4O4S. The Morgan fingerprint density at radius 3 is 2.49 bits per heavy atom. The van der Waals surface area contributed by atoms with Crippen LogP contribution in [0.4, 0.5) is 4.79 Å². The van der Waals surface area contributed by atoms with Crippen LogP contribution in [0.15, 0.2) is 48.5 Å². The fourth-order valence-electron chi connectivity index (χ4n) is 5.38. The van der Waals surface area contributed by atoms with Crippen molar-refractivity contribution in [2.45, 2.75) is 69.8 Å². The molecule has 8 nitrogen and oxygen atoms in total. The lowest BCUT2D eigenvalue weighted by Gasteiger charge is -2.36. The molecule has 3 fully saturated rings. The van der Waals surface area contributed by atoms with Crippen LogP contribution in [0.5, 0.6) is 10.9 Å². The number of ether oxygens (including phenoxy) is 2. The van der Waals surface area contributed by atoms with Gasteiger partial charge in [-0.1, -0.05) is 35.6 Å². The van der Waals surface area contributed by atoms with Crippen molar-refractivity contribution in [3.8, 4) is 10.9 Å². The molecule has 2 bridgehead atoms. The summed E-state index contributed by atoms with van der Waals surface area (Å²) in [6.07, 6.45) is 1.81. The van der Waals surface area contributed by atoms with Gasteiger partial charge in [0.1, 0.15) is 16.9 Å². The molecule has 2 aromatic carbocycles. The number of aromatic nitrogens is 1. The Morgan fingerprint density at radius 2 is 1.84 bits per heavy atom. The SMILES string of the molecule is CC(C)(C)OC(=O)NC1(C(=O)N2C[C@@H]3C[C@H]2CN3Cc2ccc(Oc3nc4ccccc4s3)cc2)CC1. The number of rotatable bonds is 6. The normalized spacial score (nSPS) is 22.3. The van der Waals surface area contributed by atoms with Crippen molar-refractivity contribution >= 4 is 33.6 Å². The van der Waals surface area contributed by atoms with E-state index in [1.807, 2.05) is 62.1 Å². The Hall–Kier alpha value is -3.17. The van der Waals surface area contributed by atoms with Gasteiger partial charge in [-0.2, -0.15) is 0 Å². The summed E-state index contributed by atoms with van der Waals surface area (Å²) in [7, 11) is 0. The van der Waals surface area contributed by atoms with E-state index >= 15 is 0 Å². The van der Waals surface area contributed by atoms with E-state index in [4.69, 9.17) is 9.47 Å². The van der Waals surface area contributed by atoms with Gasteiger partial charge in [0.25, 0.3) is 5.19 Å². The minimum Gasteiger partial charge on any atom is -0.444 e. The second-order valence-electron chi connectivity index (χ2n) is 11.3. The maximum Gasteiger partial charge on any atom is 0.408 e. The Bertz CT molecular complexity index is 1290. The van der Waals surface area contributed by atoms with Crippen LogP contribution in [0.1, 0.15) is 45.6 Å². The molecule has 0 radical (unpaired) electrons. The molecule has 1 aromatic heterocycles. The number of likely N-dealkylation sites (tertiary alicyclic amines) is 2. The first-order valence-corrected chi connectivity index (χ1v) is 13.7. The summed E-state index contributed by atoms with van der Waals surface area (Å²) >= 11 is 1.54. The summed E-state index contributed by atoms with van der Waals surface area (Å²) in [5, 5.41) is 3.50. The molecule has 1 saturated carbocycles. The van der Waals surface area contributed by atoms with Crippen LogP contribution in [-0.2, 0) is 16.1 Å². The fraction of sp³-hybridized carbons (Fsp3) is 0.464. The van der Waals surface area contributed by atoms with Crippen molar-refractivity contribution in [1.29, 1.82) is 0 Å². The molecular weight excluding hydrogens is 488 g/mol. The van der Waals surface area contributed by atoms with Gasteiger partial charge < -0.3 is 19.7 Å². The molecule has 3 aromatic rings. The van der Waals surface area contributed by atoms with Crippen LogP contribution in [0.3, 0.4) is 0 Å². The Labute approximate surface area is 220 Å². The maximum atomic E-state index is 13.3. The van der Waals surface area contributed by atoms with E-state index in [1.54, 1.807) is 11.3 Å². The highest BCUT2D eigenvalue weighted by Gasteiger charge is 2.57. The van der Waals surface area contributed by atoms with E-state index in [9.17, 15) is 9.59 Å². The number of amides is 2. The highest BCUT2D eigenvalue weighted by atomic mass is 32.1. The van der Waals surface area contributed by atoms with Crippen molar-refractivity contribution in [1.82, 2.24) is 20.1 Å². The van der Waals surface area contributed by atoms with Crippen LogP contribution in [0.2, 0.25) is 0 Å². The largest absolute Gasteiger partial charge is 0.444 e. The predicted molar refractivity (Wildman–Crippen MR) is 142 cm³/mol. The molecule has 1 N–H and O–H groups in total. The zero-order valence-electron chi connectivity index (χ0n) is 21.4. The first kappa shape index (κ1) is 24.2. The molecule has 3 heterocycles. The number of hydrogen-bond donors (Lipinski definition) is 1. The van der Waals surface area contributed by atoms with Gasteiger partial charge in [0.15, 0.2) is 0 Å². The fourth-order valence-corrected chi connectivity index (χ4v) is 6.21. The standard InChI is InChI=1S/C28H32N4O4S/c1-27(2,3)36-25(34)30-28(12-13-28)24(33)32-17-19-14-20(32)16-31(19)15-18-8-10-21(11-9-18)35-26-29-22-6-4-5-7-23(22)37-26/h4-11,19-20H,12-17H2,1-3H3,(H,30,34)/t19-,20-/m0/s1. The molecule has 0 spiro atoms. The number of thiazole rings is 1. The second-order valence-corrected chi connectivity index (χ2v) is 12.3. The molecule has 2 atom stereocenters. The van der Waals surface area contributed by atoms with E-state index in [1.165, 1.54) is 5.56 Å². The third kappa shape index (κ3) is 5.02. The minimum absolute atomic E-state index is 0.0434. The number of nitrogens with one attached hydrogen (secondary N) is 1. The maximum absolute atomic E-state index is 13.3. The van der Waals surface area contributed by atoms with Crippen molar-refractivity contribution in [3.05, 3.63) is 54.1 Å². The third-order valence-electron chi connectivity index (χ3n) is 7.30. The smallest absolute Gasteiger partial charge is 0.408 e. The van der Waals surface area contributed by atoms with Gasteiger partial charge in [-0.05, 0) is 69.9 Å². The first-order chi connectivity index (χ1) is 17.7. The quantitative estimate of drug-likeness (QED) is 0.496. The number of fused-ring (bicyclic) bond motifs is 3.